The second-order valence-corrected chi connectivity index (χ2v) is 5.03. The lowest BCUT2D eigenvalue weighted by Crippen LogP contribution is -2.44. The van der Waals surface area contributed by atoms with Crippen LogP contribution in [0.4, 0.5) is 5.82 Å². The molecular weight excluding hydrogens is 266 g/mol. The highest BCUT2D eigenvalue weighted by Gasteiger charge is 2.61. The number of imidazole rings is 1. The van der Waals surface area contributed by atoms with Crippen LogP contribution in [0.1, 0.15) is 6.23 Å². The first-order valence-electron chi connectivity index (χ1n) is 6.18. The van der Waals surface area contributed by atoms with Gasteiger partial charge in [-0.15, -0.1) is 0 Å². The molecule has 0 aromatic heterocycles. The Hall–Kier alpha value is -1.81. The minimum atomic E-state index is -1.10. The molecule has 106 valence electrons. The third-order valence-electron chi connectivity index (χ3n) is 3.95. The van der Waals surface area contributed by atoms with E-state index in [4.69, 9.17) is 15.2 Å². The predicted octanol–water partition coefficient (Wildman–Crippen LogP) is -1.62. The Morgan fingerprint density at radius 3 is 3.05 bits per heavy atom. The number of rotatable bonds is 2. The van der Waals surface area contributed by atoms with Gasteiger partial charge >= 0.3 is 0 Å². The van der Waals surface area contributed by atoms with Gasteiger partial charge in [0.2, 0.25) is 0 Å². The molecular formula is C11H13N5O4. The van der Waals surface area contributed by atoms with E-state index in [1.54, 1.807) is 4.57 Å². The number of hydrogen-bond donors (Lipinski definition) is 3. The molecule has 0 amide bonds. The van der Waals surface area contributed by atoms with Crippen molar-refractivity contribution in [3.05, 3.63) is 12.7 Å². The summed E-state index contributed by atoms with van der Waals surface area (Å²) < 4.78 is 12.8. The van der Waals surface area contributed by atoms with Crippen molar-refractivity contribution in [1.82, 2.24) is 19.5 Å². The van der Waals surface area contributed by atoms with Crippen molar-refractivity contribution in [2.75, 3.05) is 18.9 Å². The average Bonchev–Trinajstić information content (AvgIpc) is 3.13. The molecule has 4 aliphatic rings. The van der Waals surface area contributed by atoms with Gasteiger partial charge in [0.05, 0.1) is 13.2 Å². The molecule has 0 aromatic rings. The van der Waals surface area contributed by atoms with Crippen molar-refractivity contribution >= 4 is 5.82 Å². The maximum atomic E-state index is 10.2. The molecule has 0 saturated carbocycles. The molecule has 4 rings (SSSR count). The Morgan fingerprint density at radius 1 is 1.45 bits per heavy atom. The number of aromatic nitrogens is 4. The molecule has 4 aliphatic heterocycles. The van der Waals surface area contributed by atoms with E-state index < -0.39 is 24.0 Å². The first-order chi connectivity index (χ1) is 9.66. The third kappa shape index (κ3) is 1.32. The Balaban J connectivity index is 1.78. The molecule has 0 spiro atoms. The number of nitrogens with zero attached hydrogens (tertiary/aromatic N) is 4. The van der Waals surface area contributed by atoms with E-state index in [9.17, 15) is 10.2 Å². The van der Waals surface area contributed by atoms with Gasteiger partial charge in [-0.3, -0.25) is 4.57 Å². The Bertz CT molecular complexity index is 633. The summed E-state index contributed by atoms with van der Waals surface area (Å²) in [6.45, 7) is -0.175. The van der Waals surface area contributed by atoms with Crippen molar-refractivity contribution in [3.63, 3.8) is 0 Å². The summed E-state index contributed by atoms with van der Waals surface area (Å²) in [5.74, 6) is 0.772. The second-order valence-electron chi connectivity index (χ2n) is 5.03. The summed E-state index contributed by atoms with van der Waals surface area (Å²) in [5.41, 5.74) is 5.41. The fourth-order valence-corrected chi connectivity index (χ4v) is 2.79. The summed E-state index contributed by atoms with van der Waals surface area (Å²) >= 11 is 0. The van der Waals surface area contributed by atoms with Gasteiger partial charge in [0.15, 0.2) is 12.1 Å². The van der Waals surface area contributed by atoms with Crippen molar-refractivity contribution in [2.45, 2.75) is 24.0 Å². The van der Waals surface area contributed by atoms with Crippen LogP contribution in [0.25, 0.3) is 11.5 Å². The van der Waals surface area contributed by atoms with Gasteiger partial charge in [0.1, 0.15) is 42.0 Å². The zero-order chi connectivity index (χ0) is 13.9. The number of ether oxygens (including phenoxy) is 2. The number of nitrogen functional groups attached to an aromatic ring is 1. The number of aliphatic hydroxyl groups is 2. The smallest absolute Gasteiger partial charge is 0.184 e. The van der Waals surface area contributed by atoms with Gasteiger partial charge in [-0.25, -0.2) is 15.0 Å². The van der Waals surface area contributed by atoms with Crippen molar-refractivity contribution in [1.29, 1.82) is 0 Å². The molecule has 9 heteroatoms. The lowest BCUT2D eigenvalue weighted by molar-refractivity contribution is -0.186. The molecule has 0 radical (unpaired) electrons. The molecule has 4 atom stereocenters. The van der Waals surface area contributed by atoms with E-state index in [0.717, 1.165) is 0 Å². The summed E-state index contributed by atoms with van der Waals surface area (Å²) in [5, 5.41) is 19.6. The van der Waals surface area contributed by atoms with Crippen molar-refractivity contribution in [3.8, 4) is 11.5 Å². The predicted molar refractivity (Wildman–Crippen MR) is 64.5 cm³/mol. The van der Waals surface area contributed by atoms with Gasteiger partial charge in [-0.2, -0.15) is 0 Å². The van der Waals surface area contributed by atoms with Gasteiger partial charge in [0.25, 0.3) is 0 Å². The Kier molecular flexibility index (Phi) is 2.31. The van der Waals surface area contributed by atoms with Crippen molar-refractivity contribution < 1.29 is 19.7 Å². The van der Waals surface area contributed by atoms with Gasteiger partial charge in [-0.05, 0) is 0 Å². The van der Waals surface area contributed by atoms with Crippen LogP contribution in [0.15, 0.2) is 12.7 Å². The molecule has 2 bridgehead atoms. The first-order valence-corrected chi connectivity index (χ1v) is 6.18. The molecule has 0 aromatic carbocycles. The van der Waals surface area contributed by atoms with Crippen LogP contribution >= 0.6 is 0 Å². The number of nitrogens with two attached hydrogens (primary N) is 1. The normalized spacial score (nSPS) is 36.0. The lowest BCUT2D eigenvalue weighted by atomic mass is 10.0. The average molecular weight is 279 g/mol. The third-order valence-corrected chi connectivity index (χ3v) is 3.95. The largest absolute Gasteiger partial charge is 0.393 e. The summed E-state index contributed by atoms with van der Waals surface area (Å²) in [4.78, 5) is 12.1. The molecule has 4 heterocycles. The number of hydrogen-bond acceptors (Lipinski definition) is 8. The van der Waals surface area contributed by atoms with Crippen LogP contribution in [0, 0.1) is 0 Å². The number of aliphatic hydroxyl groups excluding tert-OH is 2. The molecule has 2 saturated heterocycles. The maximum Gasteiger partial charge on any atom is 0.184 e. The molecule has 0 aliphatic carbocycles. The zero-order valence-corrected chi connectivity index (χ0v) is 10.4. The minimum Gasteiger partial charge on any atom is -0.393 e. The van der Waals surface area contributed by atoms with Crippen LogP contribution in [0.2, 0.25) is 0 Å². The van der Waals surface area contributed by atoms with E-state index in [1.165, 1.54) is 12.7 Å². The topological polar surface area (TPSA) is 129 Å². The lowest BCUT2D eigenvalue weighted by Gasteiger charge is -2.30. The first kappa shape index (κ1) is 12.0. The minimum absolute atomic E-state index is 0.151. The van der Waals surface area contributed by atoms with E-state index in [-0.39, 0.29) is 13.2 Å². The quantitative estimate of drug-likeness (QED) is 0.598. The van der Waals surface area contributed by atoms with Crippen LogP contribution in [-0.2, 0) is 9.47 Å². The Morgan fingerprint density at radius 2 is 2.30 bits per heavy atom. The molecule has 2 fully saturated rings. The summed E-state index contributed by atoms with van der Waals surface area (Å²) in [7, 11) is 0. The zero-order valence-electron chi connectivity index (χ0n) is 10.4. The molecule has 4 N–H and O–H groups in total. The van der Waals surface area contributed by atoms with E-state index >= 15 is 0 Å². The van der Waals surface area contributed by atoms with E-state index in [1.807, 2.05) is 0 Å². The highest BCUT2D eigenvalue weighted by atomic mass is 16.7. The Labute approximate surface area is 113 Å². The maximum absolute atomic E-state index is 10.2. The monoisotopic (exact) mass is 279 g/mol. The summed E-state index contributed by atoms with van der Waals surface area (Å²) in [6.07, 6.45) is 0.682. The highest BCUT2D eigenvalue weighted by Crippen LogP contribution is 2.45. The van der Waals surface area contributed by atoms with Gasteiger partial charge < -0.3 is 25.4 Å². The highest BCUT2D eigenvalue weighted by molar-refractivity contribution is 5.64. The molecule has 20 heavy (non-hydrogen) atoms. The van der Waals surface area contributed by atoms with Crippen LogP contribution in [0.5, 0.6) is 0 Å². The fraction of sp³-hybridized carbons (Fsp3) is 0.545. The standard InChI is InChI=1S/C11H13N5O4/c12-8-5-9(14-3-13-5)15-4-16(8)10-6-7(18)11(1-17,20-10)2-19-6/h3-4,6-7,10,17-18H,1-2,12H2/t6-,7+,10-,11+/m1/s1. The second kappa shape index (κ2) is 3.85. The van der Waals surface area contributed by atoms with Gasteiger partial charge in [-0.1, -0.05) is 0 Å². The number of fused-ring (bicyclic) bond motifs is 3. The van der Waals surface area contributed by atoms with E-state index in [2.05, 4.69) is 15.0 Å². The molecule has 9 nitrogen and oxygen atoms in total. The van der Waals surface area contributed by atoms with Crippen LogP contribution in [0.3, 0.4) is 0 Å². The van der Waals surface area contributed by atoms with Crippen molar-refractivity contribution in [2.24, 2.45) is 0 Å². The van der Waals surface area contributed by atoms with Gasteiger partial charge in [0, 0.05) is 0 Å². The van der Waals surface area contributed by atoms with E-state index in [0.29, 0.717) is 17.3 Å². The molecule has 0 unspecified atom stereocenters. The number of anilines is 1. The van der Waals surface area contributed by atoms with Crippen LogP contribution in [-0.4, -0.2) is 60.8 Å². The van der Waals surface area contributed by atoms with Crippen LogP contribution < -0.4 is 5.73 Å². The summed E-state index contributed by atoms with van der Waals surface area (Å²) in [6, 6.07) is 0. The fourth-order valence-electron chi connectivity index (χ4n) is 2.79. The SMILES string of the molecule is Nc1c2ncnc-2ncn1[C@@H]1O[C@@]2(CO)CO[C@@H]1[C@@H]2O.